The first kappa shape index (κ1) is 53.6. The van der Waals surface area contributed by atoms with Gasteiger partial charge in [-0.1, -0.05) is 39.0 Å². The van der Waals surface area contributed by atoms with Gasteiger partial charge in [-0.25, -0.2) is 23.8 Å². The Morgan fingerprint density at radius 3 is 1.54 bits per heavy atom. The van der Waals surface area contributed by atoms with E-state index < -0.39 is 115 Å². The first-order valence-corrected chi connectivity index (χ1v) is 17.4. The average molecular weight is 973 g/mol. The van der Waals surface area contributed by atoms with Crippen LogP contribution in [0, 0.1) is 0 Å². The van der Waals surface area contributed by atoms with Crippen molar-refractivity contribution in [1.29, 1.82) is 0 Å². The standard InChI is InChI=1S/C33H28F24N2O4/c1-2-3-4-5-6-7-9-16-12-19(22-58-10-8-11-59-22)20-13-18(16)21(61-15-17(34)14-60-20)23(35,36)24(37,38)25(39,40)27(43,44)30(50,51)62-32(54,55)33(56,57)63-31(52,53)28(45,46)26(41,42)29(47,48)49/h8,10-13,17,21H,2-7,9,14-15H2,1H3/t17-,21?/m0/s1. The van der Waals surface area contributed by atoms with Crippen molar-refractivity contribution in [2.75, 3.05) is 13.2 Å². The van der Waals surface area contributed by atoms with Crippen LogP contribution in [-0.2, 0) is 20.6 Å². The van der Waals surface area contributed by atoms with E-state index in [9.17, 15) is 79.0 Å². The molecule has 1 aromatic carbocycles. The SMILES string of the molecule is CCCCCCCCc1cc(-c2ncccn2)c2cc1C(C(F)(F)C(F)(F)C(F)(F)C(F)(F)C(F)(F)OC(F)(F)C(F)(F)OC(F)(F)C(F)(F)C(F)(F)C(F)(F)F)OC[C@@H](F)CO2. The number of halogens is 24. The summed E-state index contributed by atoms with van der Waals surface area (Å²) in [4.78, 5) is 7.71. The van der Waals surface area contributed by atoms with E-state index in [4.69, 9.17) is 4.74 Å². The van der Waals surface area contributed by atoms with E-state index in [0.717, 1.165) is 24.9 Å². The lowest BCUT2D eigenvalue weighted by Crippen LogP contribution is -2.70. The van der Waals surface area contributed by atoms with Gasteiger partial charge in [-0.15, -0.1) is 0 Å². The minimum absolute atomic E-state index is 0.0545. The summed E-state index contributed by atoms with van der Waals surface area (Å²) in [5, 5.41) is 0. The lowest BCUT2D eigenvalue weighted by Gasteiger charge is -2.42. The van der Waals surface area contributed by atoms with Gasteiger partial charge in [0.1, 0.15) is 12.4 Å². The van der Waals surface area contributed by atoms with Gasteiger partial charge in [-0.3, -0.25) is 0 Å². The predicted octanol–water partition coefficient (Wildman–Crippen LogP) is 12.6. The summed E-state index contributed by atoms with van der Waals surface area (Å²) < 4.78 is 350. The molecule has 1 aliphatic heterocycles. The number of rotatable bonds is 20. The van der Waals surface area contributed by atoms with Crippen LogP contribution in [0.1, 0.15) is 62.7 Å². The minimum Gasteiger partial charge on any atom is -0.490 e. The van der Waals surface area contributed by atoms with E-state index >= 15 is 26.3 Å². The number of hydrogen-bond acceptors (Lipinski definition) is 6. The third-order valence-electron chi connectivity index (χ3n) is 8.86. The number of nitrogens with zero attached hydrogens (tertiary/aromatic N) is 2. The molecule has 362 valence electrons. The number of unbranched alkanes of at least 4 members (excludes halogenated alkanes) is 5. The molecule has 30 heteroatoms. The highest BCUT2D eigenvalue weighted by Gasteiger charge is 2.90. The first-order chi connectivity index (χ1) is 28.3. The van der Waals surface area contributed by atoms with Crippen LogP contribution in [0.4, 0.5) is 105 Å². The highest BCUT2D eigenvalue weighted by molar-refractivity contribution is 5.67. The van der Waals surface area contributed by atoms with Gasteiger partial charge in [0.05, 0.1) is 12.2 Å². The molecule has 0 spiro atoms. The molecule has 2 atom stereocenters. The van der Waals surface area contributed by atoms with Gasteiger partial charge >= 0.3 is 66.1 Å². The molecule has 0 N–H and O–H groups in total. The molecule has 0 aliphatic carbocycles. The zero-order chi connectivity index (χ0) is 48.7. The molecule has 63 heavy (non-hydrogen) atoms. The summed E-state index contributed by atoms with van der Waals surface area (Å²) in [6.45, 7) is -1.24. The van der Waals surface area contributed by atoms with Crippen LogP contribution in [0.5, 0.6) is 5.75 Å². The van der Waals surface area contributed by atoms with Crippen LogP contribution in [0.15, 0.2) is 30.6 Å². The fourth-order valence-corrected chi connectivity index (χ4v) is 5.43. The predicted molar refractivity (Wildman–Crippen MR) is 161 cm³/mol. The van der Waals surface area contributed by atoms with Crippen molar-refractivity contribution < 1.29 is 124 Å². The molecule has 2 bridgehead atoms. The van der Waals surface area contributed by atoms with Crippen LogP contribution in [-0.4, -0.2) is 95.5 Å². The van der Waals surface area contributed by atoms with Gasteiger partial charge in [0.15, 0.2) is 18.1 Å². The van der Waals surface area contributed by atoms with Crippen molar-refractivity contribution in [3.8, 4) is 17.1 Å². The van der Waals surface area contributed by atoms with Crippen molar-refractivity contribution in [2.45, 2.75) is 130 Å². The molecule has 0 saturated heterocycles. The average Bonchev–Trinajstić information content (AvgIpc) is 3.20. The maximum Gasteiger partial charge on any atom is 0.460 e. The molecule has 1 aromatic heterocycles. The minimum atomic E-state index is -8.73. The molecule has 2 aromatic rings. The number of fused-ring (bicyclic) bond motifs is 2. The van der Waals surface area contributed by atoms with Gasteiger partial charge in [-0.05, 0) is 42.2 Å². The molecule has 0 amide bonds. The zero-order valence-electron chi connectivity index (χ0n) is 31.0. The smallest absolute Gasteiger partial charge is 0.460 e. The number of ether oxygens (including phenoxy) is 4. The van der Waals surface area contributed by atoms with E-state index in [0.29, 0.717) is 25.3 Å². The number of aromatic nitrogens is 2. The molecule has 6 nitrogen and oxygen atoms in total. The number of aryl methyl sites for hydroxylation is 1. The summed E-state index contributed by atoms with van der Waals surface area (Å²) in [7, 11) is 0. The van der Waals surface area contributed by atoms with Crippen molar-refractivity contribution >= 4 is 0 Å². The third-order valence-corrected chi connectivity index (χ3v) is 8.86. The normalized spacial score (nSPS) is 18.4. The third kappa shape index (κ3) is 9.95. The summed E-state index contributed by atoms with van der Waals surface area (Å²) >= 11 is 0. The van der Waals surface area contributed by atoms with Crippen LogP contribution < -0.4 is 4.74 Å². The van der Waals surface area contributed by atoms with Crippen molar-refractivity contribution in [1.82, 2.24) is 9.97 Å². The lowest BCUT2D eigenvalue weighted by atomic mass is 9.87. The number of alkyl halides is 24. The molecule has 0 fully saturated rings. The summed E-state index contributed by atoms with van der Waals surface area (Å²) in [6.07, 6.45) is -43.8. The van der Waals surface area contributed by atoms with Crippen molar-refractivity contribution in [3.63, 3.8) is 0 Å². The molecule has 0 saturated carbocycles. The summed E-state index contributed by atoms with van der Waals surface area (Å²) in [5.41, 5.74) is -2.33. The Morgan fingerprint density at radius 1 is 0.571 bits per heavy atom. The van der Waals surface area contributed by atoms with E-state index in [1.165, 1.54) is 15.5 Å². The summed E-state index contributed by atoms with van der Waals surface area (Å²) in [5.74, 6) is -50.3. The monoisotopic (exact) mass is 972 g/mol. The Bertz CT molecular complexity index is 1840. The quantitative estimate of drug-likeness (QED) is 0.0973. The van der Waals surface area contributed by atoms with Gasteiger partial charge < -0.3 is 9.47 Å². The van der Waals surface area contributed by atoms with E-state index in [1.54, 1.807) is 0 Å². The molecular formula is C33H28F24N2O4. The molecule has 3 rings (SSSR count). The topological polar surface area (TPSA) is 62.7 Å². The Kier molecular flexibility index (Phi) is 15.3. The summed E-state index contributed by atoms with van der Waals surface area (Å²) in [6, 6.07) is 2.40. The Labute approximate surface area is 337 Å². The largest absolute Gasteiger partial charge is 0.490 e. The molecule has 1 aliphatic rings. The van der Waals surface area contributed by atoms with E-state index in [2.05, 4.69) is 14.7 Å². The second kappa shape index (κ2) is 17.9. The van der Waals surface area contributed by atoms with Crippen LogP contribution in [0.25, 0.3) is 11.4 Å². The second-order valence-corrected chi connectivity index (χ2v) is 13.5. The van der Waals surface area contributed by atoms with Gasteiger partial charge in [-0.2, -0.15) is 101 Å². The maximum absolute atomic E-state index is 16.0. The second-order valence-electron chi connectivity index (χ2n) is 13.5. The Hall–Kier alpha value is -3.70. The zero-order valence-corrected chi connectivity index (χ0v) is 31.0. The van der Waals surface area contributed by atoms with E-state index in [-0.39, 0.29) is 24.2 Å². The van der Waals surface area contributed by atoms with Crippen LogP contribution in [0.3, 0.4) is 0 Å². The van der Waals surface area contributed by atoms with Crippen molar-refractivity contribution in [3.05, 3.63) is 41.7 Å². The number of benzene rings is 1. The van der Waals surface area contributed by atoms with Crippen molar-refractivity contribution in [2.24, 2.45) is 0 Å². The van der Waals surface area contributed by atoms with E-state index in [1.807, 2.05) is 6.92 Å². The highest BCUT2D eigenvalue weighted by Crippen LogP contribution is 2.62. The van der Waals surface area contributed by atoms with Gasteiger partial charge in [0.2, 0.25) is 0 Å². The number of hydrogen-bond donors (Lipinski definition) is 0. The molecule has 2 heterocycles. The molecular weight excluding hydrogens is 944 g/mol. The van der Waals surface area contributed by atoms with Gasteiger partial charge in [0.25, 0.3) is 0 Å². The fourth-order valence-electron chi connectivity index (χ4n) is 5.43. The highest BCUT2D eigenvalue weighted by atomic mass is 19.4. The Morgan fingerprint density at radius 2 is 1.05 bits per heavy atom. The lowest BCUT2D eigenvalue weighted by molar-refractivity contribution is -0.559. The van der Waals surface area contributed by atoms with Crippen LogP contribution >= 0.6 is 0 Å². The maximum atomic E-state index is 16.0. The fraction of sp³-hybridized carbons (Fsp3) is 0.697. The van der Waals surface area contributed by atoms with Crippen LogP contribution in [0.2, 0.25) is 0 Å². The molecule has 1 unspecified atom stereocenters. The Balaban J connectivity index is 2.12. The van der Waals surface area contributed by atoms with Gasteiger partial charge in [0, 0.05) is 12.4 Å². The molecule has 0 radical (unpaired) electrons. The first-order valence-electron chi connectivity index (χ1n) is 17.4.